The number of hydrogen-bond acceptors (Lipinski definition) is 6. The standard InChI is InChI=1S/C15H25N5O2S/c1-2-11-23(21,22)20-9-7-18(8-10-20)14-12-15(17-16-13-14)19-5-3-4-6-19/h12-13H,2-11H2,1H3. The molecule has 23 heavy (non-hydrogen) atoms. The molecule has 2 fully saturated rings. The van der Waals surface area contributed by atoms with Crippen LogP contribution < -0.4 is 9.80 Å². The first kappa shape index (κ1) is 16.4. The van der Waals surface area contributed by atoms with Crippen LogP contribution in [0.3, 0.4) is 0 Å². The molecule has 0 N–H and O–H groups in total. The van der Waals surface area contributed by atoms with Crippen LogP contribution in [0.1, 0.15) is 26.2 Å². The average Bonchev–Trinajstić information content (AvgIpc) is 3.10. The molecule has 0 spiro atoms. The molecule has 0 saturated carbocycles. The molecule has 0 atom stereocenters. The van der Waals surface area contributed by atoms with E-state index in [1.54, 1.807) is 10.5 Å². The van der Waals surface area contributed by atoms with Crippen molar-refractivity contribution < 1.29 is 8.42 Å². The second-order valence-corrected chi connectivity index (χ2v) is 8.26. The second kappa shape index (κ2) is 7.00. The predicted molar refractivity (Wildman–Crippen MR) is 91.3 cm³/mol. The Morgan fingerprint density at radius 1 is 1.04 bits per heavy atom. The minimum absolute atomic E-state index is 0.239. The van der Waals surface area contributed by atoms with Crippen LogP contribution in [-0.4, -0.2) is 67.9 Å². The summed E-state index contributed by atoms with van der Waals surface area (Å²) in [5, 5.41) is 8.37. The maximum Gasteiger partial charge on any atom is 0.214 e. The van der Waals surface area contributed by atoms with Crippen molar-refractivity contribution in [2.24, 2.45) is 0 Å². The second-order valence-electron chi connectivity index (χ2n) is 6.17. The molecule has 0 unspecified atom stereocenters. The van der Waals surface area contributed by atoms with Gasteiger partial charge in [-0.3, -0.25) is 0 Å². The summed E-state index contributed by atoms with van der Waals surface area (Å²) in [4.78, 5) is 4.46. The van der Waals surface area contributed by atoms with Crippen LogP contribution in [0.15, 0.2) is 12.3 Å². The summed E-state index contributed by atoms with van der Waals surface area (Å²) in [6.45, 7) is 6.48. The normalized spacial score (nSPS) is 20.2. The molecule has 3 heterocycles. The van der Waals surface area contributed by atoms with E-state index in [0.29, 0.717) is 32.6 Å². The summed E-state index contributed by atoms with van der Waals surface area (Å²) in [7, 11) is -3.09. The van der Waals surface area contributed by atoms with Crippen LogP contribution in [0, 0.1) is 0 Å². The van der Waals surface area contributed by atoms with E-state index >= 15 is 0 Å². The van der Waals surface area contributed by atoms with Gasteiger partial charge in [-0.2, -0.15) is 9.40 Å². The minimum atomic E-state index is -3.09. The smallest absolute Gasteiger partial charge is 0.214 e. The number of anilines is 2. The fraction of sp³-hybridized carbons (Fsp3) is 0.733. The van der Waals surface area contributed by atoms with Gasteiger partial charge in [-0.1, -0.05) is 6.92 Å². The molecule has 0 amide bonds. The molecule has 0 radical (unpaired) electrons. The van der Waals surface area contributed by atoms with E-state index in [1.165, 1.54) is 12.8 Å². The summed E-state index contributed by atoms with van der Waals surface area (Å²) >= 11 is 0. The van der Waals surface area contributed by atoms with E-state index < -0.39 is 10.0 Å². The molecule has 7 nitrogen and oxygen atoms in total. The number of aromatic nitrogens is 2. The Morgan fingerprint density at radius 3 is 2.39 bits per heavy atom. The minimum Gasteiger partial charge on any atom is -0.367 e. The van der Waals surface area contributed by atoms with E-state index in [4.69, 9.17) is 0 Å². The zero-order chi connectivity index (χ0) is 16.3. The third-order valence-electron chi connectivity index (χ3n) is 4.52. The van der Waals surface area contributed by atoms with Crippen molar-refractivity contribution in [2.75, 3.05) is 54.8 Å². The summed E-state index contributed by atoms with van der Waals surface area (Å²) in [6, 6.07) is 2.08. The van der Waals surface area contributed by atoms with Crippen molar-refractivity contribution >= 4 is 21.5 Å². The zero-order valence-corrected chi connectivity index (χ0v) is 14.5. The van der Waals surface area contributed by atoms with E-state index in [0.717, 1.165) is 24.6 Å². The molecular formula is C15H25N5O2S. The maximum atomic E-state index is 12.1. The fourth-order valence-corrected chi connectivity index (χ4v) is 4.72. The number of piperazine rings is 1. The fourth-order valence-electron chi connectivity index (χ4n) is 3.23. The maximum absolute atomic E-state index is 12.1. The summed E-state index contributed by atoms with van der Waals surface area (Å²) < 4.78 is 25.9. The van der Waals surface area contributed by atoms with E-state index in [-0.39, 0.29) is 5.75 Å². The van der Waals surface area contributed by atoms with Gasteiger partial charge in [0.15, 0.2) is 5.82 Å². The Bertz CT molecular complexity index is 623. The highest BCUT2D eigenvalue weighted by atomic mass is 32.2. The largest absolute Gasteiger partial charge is 0.367 e. The molecule has 2 aliphatic rings. The summed E-state index contributed by atoms with van der Waals surface area (Å²) in [6.07, 6.45) is 4.85. The number of hydrogen-bond donors (Lipinski definition) is 0. The molecule has 1 aromatic rings. The van der Waals surface area contributed by atoms with E-state index in [9.17, 15) is 8.42 Å². The number of nitrogens with zero attached hydrogens (tertiary/aromatic N) is 5. The SMILES string of the molecule is CCCS(=O)(=O)N1CCN(c2cnnc(N3CCCC3)c2)CC1. The topological polar surface area (TPSA) is 69.6 Å². The Labute approximate surface area is 138 Å². The predicted octanol–water partition coefficient (Wildman–Crippen LogP) is 0.939. The molecule has 2 aliphatic heterocycles. The molecule has 3 rings (SSSR count). The molecular weight excluding hydrogens is 314 g/mol. The van der Waals surface area contributed by atoms with Gasteiger partial charge in [0.2, 0.25) is 10.0 Å². The van der Waals surface area contributed by atoms with Gasteiger partial charge in [-0.05, 0) is 19.3 Å². The summed E-state index contributed by atoms with van der Waals surface area (Å²) in [5.41, 5.74) is 1.04. The highest BCUT2D eigenvalue weighted by Crippen LogP contribution is 2.23. The van der Waals surface area contributed by atoms with Crippen molar-refractivity contribution in [3.05, 3.63) is 12.3 Å². The van der Waals surface area contributed by atoms with Crippen LogP contribution in [0.5, 0.6) is 0 Å². The first-order valence-electron chi connectivity index (χ1n) is 8.40. The third-order valence-corrected chi connectivity index (χ3v) is 6.59. The zero-order valence-electron chi connectivity index (χ0n) is 13.7. The van der Waals surface area contributed by atoms with Gasteiger partial charge in [-0.15, -0.1) is 5.10 Å². The lowest BCUT2D eigenvalue weighted by Crippen LogP contribution is -2.49. The molecule has 2 saturated heterocycles. The van der Waals surface area contributed by atoms with Crippen LogP contribution in [0.25, 0.3) is 0 Å². The van der Waals surface area contributed by atoms with Gasteiger partial charge in [-0.25, -0.2) is 8.42 Å². The highest BCUT2D eigenvalue weighted by Gasteiger charge is 2.26. The van der Waals surface area contributed by atoms with E-state index in [1.807, 2.05) is 6.92 Å². The lowest BCUT2D eigenvalue weighted by Gasteiger charge is -2.35. The Kier molecular flexibility index (Phi) is 5.01. The van der Waals surface area contributed by atoms with Crippen LogP contribution in [0.2, 0.25) is 0 Å². The molecule has 0 bridgehead atoms. The Hall–Kier alpha value is -1.41. The van der Waals surface area contributed by atoms with Gasteiger partial charge in [0, 0.05) is 45.3 Å². The average molecular weight is 339 g/mol. The van der Waals surface area contributed by atoms with Crippen molar-refractivity contribution in [1.82, 2.24) is 14.5 Å². The van der Waals surface area contributed by atoms with Crippen molar-refractivity contribution in [2.45, 2.75) is 26.2 Å². The van der Waals surface area contributed by atoms with Gasteiger partial charge in [0.25, 0.3) is 0 Å². The van der Waals surface area contributed by atoms with Crippen LogP contribution in [-0.2, 0) is 10.0 Å². The highest BCUT2D eigenvalue weighted by molar-refractivity contribution is 7.89. The summed E-state index contributed by atoms with van der Waals surface area (Å²) in [5.74, 6) is 1.17. The van der Waals surface area contributed by atoms with Gasteiger partial charge < -0.3 is 9.80 Å². The first-order chi connectivity index (χ1) is 11.1. The molecule has 8 heteroatoms. The van der Waals surface area contributed by atoms with Crippen LogP contribution >= 0.6 is 0 Å². The third kappa shape index (κ3) is 3.74. The van der Waals surface area contributed by atoms with Crippen LogP contribution in [0.4, 0.5) is 11.5 Å². The van der Waals surface area contributed by atoms with E-state index in [2.05, 4.69) is 26.1 Å². The lowest BCUT2D eigenvalue weighted by molar-refractivity contribution is 0.384. The lowest BCUT2D eigenvalue weighted by atomic mass is 10.3. The van der Waals surface area contributed by atoms with Gasteiger partial charge in [0.05, 0.1) is 17.6 Å². The van der Waals surface area contributed by atoms with Crippen molar-refractivity contribution in [3.8, 4) is 0 Å². The molecule has 0 aromatic carbocycles. The molecule has 1 aromatic heterocycles. The van der Waals surface area contributed by atoms with Crippen molar-refractivity contribution in [1.29, 1.82) is 0 Å². The molecule has 128 valence electrons. The van der Waals surface area contributed by atoms with Crippen molar-refractivity contribution in [3.63, 3.8) is 0 Å². The quantitative estimate of drug-likeness (QED) is 0.795. The Morgan fingerprint density at radius 2 is 1.74 bits per heavy atom. The number of rotatable bonds is 5. The monoisotopic (exact) mass is 339 g/mol. The van der Waals surface area contributed by atoms with Gasteiger partial charge >= 0.3 is 0 Å². The van der Waals surface area contributed by atoms with Gasteiger partial charge in [0.1, 0.15) is 0 Å². The first-order valence-corrected chi connectivity index (χ1v) is 10.0. The number of sulfonamides is 1. The Balaban J connectivity index is 1.65. The molecule has 0 aliphatic carbocycles.